The fourth-order valence-corrected chi connectivity index (χ4v) is 1.86. The molecule has 100 valence electrons. The first-order valence-electron chi connectivity index (χ1n) is 5.61. The van der Waals surface area contributed by atoms with Crippen LogP contribution in [-0.2, 0) is 0 Å². The molecule has 0 bridgehead atoms. The number of amides is 1. The van der Waals surface area contributed by atoms with E-state index < -0.39 is 5.76 Å². The monoisotopic (exact) mass is 274 g/mol. The molecule has 1 aromatic carbocycles. The summed E-state index contributed by atoms with van der Waals surface area (Å²) in [6.45, 7) is 1.43. The molecule has 0 saturated carbocycles. The molecular weight excluding hydrogens is 258 g/mol. The maximum absolute atomic E-state index is 12.1. The summed E-state index contributed by atoms with van der Waals surface area (Å²) in [5, 5.41) is 5.74. The zero-order chi connectivity index (χ0) is 13.4. The van der Waals surface area contributed by atoms with Crippen LogP contribution in [0.5, 0.6) is 0 Å². The number of carbonyl (C=O) groups is 1. The van der Waals surface area contributed by atoms with Crippen LogP contribution in [0, 0.1) is 0 Å². The van der Waals surface area contributed by atoms with E-state index in [9.17, 15) is 13.6 Å². The zero-order valence-electron chi connectivity index (χ0n) is 10.1. The van der Waals surface area contributed by atoms with Crippen LogP contribution in [0.4, 0.5) is 8.78 Å². The van der Waals surface area contributed by atoms with Crippen molar-refractivity contribution in [2.45, 2.75) is 17.1 Å². The van der Waals surface area contributed by atoms with Crippen LogP contribution < -0.4 is 10.6 Å². The lowest BCUT2D eigenvalue weighted by atomic mass is 10.2. The van der Waals surface area contributed by atoms with Crippen molar-refractivity contribution in [3.63, 3.8) is 0 Å². The molecule has 3 nitrogen and oxygen atoms in total. The van der Waals surface area contributed by atoms with Gasteiger partial charge in [0.15, 0.2) is 0 Å². The van der Waals surface area contributed by atoms with Crippen LogP contribution in [-0.4, -0.2) is 31.8 Å². The second-order valence-electron chi connectivity index (χ2n) is 3.62. The molecule has 0 fully saturated rings. The van der Waals surface area contributed by atoms with Crippen molar-refractivity contribution in [1.82, 2.24) is 10.6 Å². The minimum Gasteiger partial charge on any atom is -0.352 e. The van der Waals surface area contributed by atoms with E-state index in [1.54, 1.807) is 12.1 Å². The fourth-order valence-electron chi connectivity index (χ4n) is 1.36. The summed E-state index contributed by atoms with van der Waals surface area (Å²) < 4.78 is 24.2. The van der Waals surface area contributed by atoms with Crippen LogP contribution in [0.1, 0.15) is 16.8 Å². The zero-order valence-corrected chi connectivity index (χ0v) is 10.9. The Bertz CT molecular complexity index is 371. The van der Waals surface area contributed by atoms with Crippen molar-refractivity contribution in [2.75, 3.05) is 20.1 Å². The molecule has 1 rings (SSSR count). The van der Waals surface area contributed by atoms with Crippen molar-refractivity contribution in [3.8, 4) is 0 Å². The minimum atomic E-state index is -2.44. The molecule has 0 aromatic heterocycles. The normalized spacial score (nSPS) is 10.7. The highest BCUT2D eigenvalue weighted by atomic mass is 32.2. The first kappa shape index (κ1) is 14.9. The standard InChI is InChI=1S/C12H16F2N2OS/c1-15-7-2-8-16-11(17)9-3-5-10(6-4-9)18-12(13)14/h3-6,12,15H,2,7-8H2,1H3,(H,16,17). The molecule has 2 N–H and O–H groups in total. The van der Waals surface area contributed by atoms with E-state index in [0.717, 1.165) is 13.0 Å². The third kappa shape index (κ3) is 5.46. The Morgan fingerprint density at radius 2 is 1.94 bits per heavy atom. The highest BCUT2D eigenvalue weighted by Crippen LogP contribution is 2.24. The molecule has 0 heterocycles. The van der Waals surface area contributed by atoms with Gasteiger partial charge in [0.25, 0.3) is 11.7 Å². The second kappa shape index (κ2) is 8.05. The molecule has 1 aromatic rings. The van der Waals surface area contributed by atoms with Crippen molar-refractivity contribution in [3.05, 3.63) is 29.8 Å². The van der Waals surface area contributed by atoms with Gasteiger partial charge in [0.1, 0.15) is 0 Å². The summed E-state index contributed by atoms with van der Waals surface area (Å²) in [7, 11) is 1.85. The highest BCUT2D eigenvalue weighted by molar-refractivity contribution is 7.99. The summed E-state index contributed by atoms with van der Waals surface area (Å²) >= 11 is 0.470. The maximum Gasteiger partial charge on any atom is 0.288 e. The average Bonchev–Trinajstić information content (AvgIpc) is 2.34. The molecule has 0 aliphatic carbocycles. The molecule has 0 spiro atoms. The maximum atomic E-state index is 12.1. The van der Waals surface area contributed by atoms with Gasteiger partial charge in [-0.2, -0.15) is 8.78 Å². The van der Waals surface area contributed by atoms with E-state index in [-0.39, 0.29) is 5.91 Å². The van der Waals surface area contributed by atoms with Gasteiger partial charge in [-0.15, -0.1) is 0 Å². The van der Waals surface area contributed by atoms with E-state index >= 15 is 0 Å². The quantitative estimate of drug-likeness (QED) is 0.592. The van der Waals surface area contributed by atoms with Gasteiger partial charge < -0.3 is 10.6 Å². The number of alkyl halides is 2. The largest absolute Gasteiger partial charge is 0.352 e. The van der Waals surface area contributed by atoms with E-state index in [1.165, 1.54) is 12.1 Å². The van der Waals surface area contributed by atoms with Gasteiger partial charge in [-0.3, -0.25) is 4.79 Å². The molecule has 0 saturated heterocycles. The van der Waals surface area contributed by atoms with Crippen LogP contribution in [0.2, 0.25) is 0 Å². The number of thioether (sulfide) groups is 1. The first-order valence-corrected chi connectivity index (χ1v) is 6.49. The Hall–Kier alpha value is -1.14. The van der Waals surface area contributed by atoms with Crippen LogP contribution in [0.3, 0.4) is 0 Å². The van der Waals surface area contributed by atoms with Gasteiger partial charge in [0, 0.05) is 17.0 Å². The fraction of sp³-hybridized carbons (Fsp3) is 0.417. The predicted molar refractivity (Wildman–Crippen MR) is 69.2 cm³/mol. The van der Waals surface area contributed by atoms with E-state index in [1.807, 2.05) is 7.05 Å². The molecule has 18 heavy (non-hydrogen) atoms. The number of nitrogens with one attached hydrogen (secondary N) is 2. The van der Waals surface area contributed by atoms with E-state index in [0.29, 0.717) is 28.8 Å². The summed E-state index contributed by atoms with van der Waals surface area (Å²) in [5.41, 5.74) is 0.484. The Kier molecular flexibility index (Phi) is 6.67. The molecule has 6 heteroatoms. The van der Waals surface area contributed by atoms with Crippen LogP contribution in [0.15, 0.2) is 29.2 Å². The number of benzene rings is 1. The van der Waals surface area contributed by atoms with Crippen molar-refractivity contribution in [1.29, 1.82) is 0 Å². The predicted octanol–water partition coefficient (Wildman–Crippen LogP) is 2.34. The van der Waals surface area contributed by atoms with Crippen LogP contribution in [0.25, 0.3) is 0 Å². The second-order valence-corrected chi connectivity index (χ2v) is 4.68. The van der Waals surface area contributed by atoms with Gasteiger partial charge in [0.2, 0.25) is 0 Å². The molecule has 1 amide bonds. The molecule has 0 atom stereocenters. The summed E-state index contributed by atoms with van der Waals surface area (Å²) in [6.07, 6.45) is 0.849. The number of rotatable bonds is 7. The third-order valence-corrected chi connectivity index (χ3v) is 2.95. The molecule has 0 unspecified atom stereocenters. The Balaban J connectivity index is 2.43. The van der Waals surface area contributed by atoms with Gasteiger partial charge in [-0.05, 0) is 44.3 Å². The van der Waals surface area contributed by atoms with Gasteiger partial charge in [-0.1, -0.05) is 11.8 Å². The van der Waals surface area contributed by atoms with Crippen molar-refractivity contribution >= 4 is 17.7 Å². The number of carbonyl (C=O) groups excluding carboxylic acids is 1. The Labute approximate surface area is 109 Å². The smallest absolute Gasteiger partial charge is 0.288 e. The molecule has 0 aliphatic rings. The van der Waals surface area contributed by atoms with Crippen LogP contribution >= 0.6 is 11.8 Å². The van der Waals surface area contributed by atoms with Gasteiger partial charge in [-0.25, -0.2) is 0 Å². The Morgan fingerprint density at radius 1 is 1.28 bits per heavy atom. The third-order valence-electron chi connectivity index (χ3n) is 2.23. The van der Waals surface area contributed by atoms with E-state index in [4.69, 9.17) is 0 Å². The lowest BCUT2D eigenvalue weighted by molar-refractivity contribution is 0.0953. The summed E-state index contributed by atoms with van der Waals surface area (Å²) in [6, 6.07) is 6.16. The summed E-state index contributed by atoms with van der Waals surface area (Å²) in [4.78, 5) is 12.1. The number of hydrogen-bond donors (Lipinski definition) is 2. The number of hydrogen-bond acceptors (Lipinski definition) is 3. The first-order chi connectivity index (χ1) is 8.63. The summed E-state index contributed by atoms with van der Waals surface area (Å²) in [5.74, 6) is -2.62. The SMILES string of the molecule is CNCCCNC(=O)c1ccc(SC(F)F)cc1. The van der Waals surface area contributed by atoms with Crippen molar-refractivity contribution in [2.24, 2.45) is 0 Å². The minimum absolute atomic E-state index is 0.181. The number of halogens is 2. The Morgan fingerprint density at radius 3 is 2.50 bits per heavy atom. The lowest BCUT2D eigenvalue weighted by Crippen LogP contribution is -2.26. The highest BCUT2D eigenvalue weighted by Gasteiger charge is 2.07. The van der Waals surface area contributed by atoms with Gasteiger partial charge in [0.05, 0.1) is 0 Å². The molecule has 0 radical (unpaired) electrons. The average molecular weight is 274 g/mol. The topological polar surface area (TPSA) is 41.1 Å². The van der Waals surface area contributed by atoms with Crippen molar-refractivity contribution < 1.29 is 13.6 Å². The van der Waals surface area contributed by atoms with E-state index in [2.05, 4.69) is 10.6 Å². The molecule has 0 aliphatic heterocycles. The molecular formula is C12H16F2N2OS. The lowest BCUT2D eigenvalue weighted by Gasteiger charge is -2.06. The van der Waals surface area contributed by atoms with Gasteiger partial charge >= 0.3 is 0 Å².